The third kappa shape index (κ3) is 3.07. The second-order valence-corrected chi connectivity index (χ2v) is 6.07. The Morgan fingerprint density at radius 2 is 1.69 bits per heavy atom. The zero-order chi connectivity index (χ0) is 17.9. The van der Waals surface area contributed by atoms with Crippen molar-refractivity contribution in [3.05, 3.63) is 84.3 Å². The lowest BCUT2D eigenvalue weighted by Gasteiger charge is -2.16. The molecule has 4 rings (SSSR count). The normalized spacial score (nSPS) is 10.8. The molecule has 26 heavy (non-hydrogen) atoms. The SMILES string of the molecule is CN(Cc1nc(-c2ccccc2)no1)C(=O)c1cccc2ccccc12. The Kier molecular flexibility index (Phi) is 4.19. The van der Waals surface area contributed by atoms with E-state index in [4.69, 9.17) is 4.52 Å². The van der Waals surface area contributed by atoms with Crippen LogP contribution in [0, 0.1) is 0 Å². The van der Waals surface area contributed by atoms with Crippen LogP contribution in [-0.2, 0) is 6.54 Å². The third-order valence-electron chi connectivity index (χ3n) is 4.24. The number of amides is 1. The maximum absolute atomic E-state index is 12.9. The summed E-state index contributed by atoms with van der Waals surface area (Å²) >= 11 is 0. The monoisotopic (exact) mass is 343 g/mol. The second-order valence-electron chi connectivity index (χ2n) is 6.07. The highest BCUT2D eigenvalue weighted by atomic mass is 16.5. The van der Waals surface area contributed by atoms with Crippen molar-refractivity contribution in [2.24, 2.45) is 0 Å². The zero-order valence-electron chi connectivity index (χ0n) is 14.3. The first kappa shape index (κ1) is 16.0. The first-order valence-electron chi connectivity index (χ1n) is 8.33. The highest BCUT2D eigenvalue weighted by molar-refractivity contribution is 6.06. The van der Waals surface area contributed by atoms with Crippen LogP contribution in [0.1, 0.15) is 16.2 Å². The number of fused-ring (bicyclic) bond motifs is 1. The molecule has 0 aliphatic heterocycles. The van der Waals surface area contributed by atoms with Gasteiger partial charge in [0.05, 0.1) is 6.54 Å². The summed E-state index contributed by atoms with van der Waals surface area (Å²) in [6, 6.07) is 23.2. The van der Waals surface area contributed by atoms with Crippen molar-refractivity contribution in [3.8, 4) is 11.4 Å². The summed E-state index contributed by atoms with van der Waals surface area (Å²) in [5, 5.41) is 5.97. The average Bonchev–Trinajstić information content (AvgIpc) is 3.16. The van der Waals surface area contributed by atoms with Crippen LogP contribution in [0.3, 0.4) is 0 Å². The van der Waals surface area contributed by atoms with E-state index in [1.165, 1.54) is 0 Å². The fourth-order valence-corrected chi connectivity index (χ4v) is 2.92. The minimum absolute atomic E-state index is 0.0822. The van der Waals surface area contributed by atoms with Crippen LogP contribution in [-0.4, -0.2) is 28.0 Å². The quantitative estimate of drug-likeness (QED) is 0.558. The molecule has 0 atom stereocenters. The summed E-state index contributed by atoms with van der Waals surface area (Å²) in [6.45, 7) is 0.252. The number of rotatable bonds is 4. The smallest absolute Gasteiger partial charge is 0.254 e. The molecular formula is C21H17N3O2. The van der Waals surface area contributed by atoms with Gasteiger partial charge in [0.2, 0.25) is 11.7 Å². The first-order chi connectivity index (χ1) is 12.7. The Bertz CT molecular complexity index is 1050. The van der Waals surface area contributed by atoms with Crippen molar-refractivity contribution in [1.82, 2.24) is 15.0 Å². The summed E-state index contributed by atoms with van der Waals surface area (Å²) in [5.74, 6) is 0.841. The summed E-state index contributed by atoms with van der Waals surface area (Å²) in [7, 11) is 1.73. The van der Waals surface area contributed by atoms with Crippen LogP contribution in [0.2, 0.25) is 0 Å². The van der Waals surface area contributed by atoms with Crippen molar-refractivity contribution < 1.29 is 9.32 Å². The van der Waals surface area contributed by atoms with E-state index in [0.717, 1.165) is 16.3 Å². The Hall–Kier alpha value is -3.47. The molecule has 128 valence electrons. The fraction of sp³-hybridized carbons (Fsp3) is 0.0952. The van der Waals surface area contributed by atoms with E-state index in [1.807, 2.05) is 72.8 Å². The minimum atomic E-state index is -0.0822. The van der Waals surface area contributed by atoms with E-state index in [9.17, 15) is 4.79 Å². The highest BCUT2D eigenvalue weighted by Gasteiger charge is 2.17. The fourth-order valence-electron chi connectivity index (χ4n) is 2.92. The molecule has 4 aromatic rings. The van der Waals surface area contributed by atoms with Crippen molar-refractivity contribution >= 4 is 16.7 Å². The van der Waals surface area contributed by atoms with E-state index in [0.29, 0.717) is 17.3 Å². The Morgan fingerprint density at radius 1 is 0.962 bits per heavy atom. The predicted molar refractivity (Wildman–Crippen MR) is 99.5 cm³/mol. The molecule has 0 radical (unpaired) electrons. The van der Waals surface area contributed by atoms with Gasteiger partial charge in [0, 0.05) is 18.2 Å². The average molecular weight is 343 g/mol. The molecule has 5 nitrogen and oxygen atoms in total. The lowest BCUT2D eigenvalue weighted by atomic mass is 10.0. The zero-order valence-corrected chi connectivity index (χ0v) is 14.3. The maximum Gasteiger partial charge on any atom is 0.254 e. The summed E-state index contributed by atoms with van der Waals surface area (Å²) in [4.78, 5) is 18.9. The van der Waals surface area contributed by atoms with Crippen molar-refractivity contribution in [2.45, 2.75) is 6.54 Å². The topological polar surface area (TPSA) is 59.2 Å². The van der Waals surface area contributed by atoms with Crippen LogP contribution in [0.15, 0.2) is 77.3 Å². The van der Waals surface area contributed by atoms with Gasteiger partial charge in [0.15, 0.2) is 0 Å². The maximum atomic E-state index is 12.9. The summed E-state index contributed by atoms with van der Waals surface area (Å²) < 4.78 is 5.31. The number of nitrogens with zero attached hydrogens (tertiary/aromatic N) is 3. The largest absolute Gasteiger partial charge is 0.337 e. The predicted octanol–water partition coefficient (Wildman–Crippen LogP) is 4.16. The van der Waals surface area contributed by atoms with Crippen molar-refractivity contribution in [1.29, 1.82) is 0 Å². The van der Waals surface area contributed by atoms with Crippen molar-refractivity contribution in [3.63, 3.8) is 0 Å². The lowest BCUT2D eigenvalue weighted by molar-refractivity contribution is 0.0771. The molecule has 1 amide bonds. The van der Waals surface area contributed by atoms with Gasteiger partial charge in [-0.2, -0.15) is 4.98 Å². The Labute approximate surface area is 150 Å². The minimum Gasteiger partial charge on any atom is -0.337 e. The van der Waals surface area contributed by atoms with E-state index >= 15 is 0 Å². The molecule has 0 unspecified atom stereocenters. The molecular weight excluding hydrogens is 326 g/mol. The summed E-state index contributed by atoms with van der Waals surface area (Å²) in [6.07, 6.45) is 0. The van der Waals surface area contributed by atoms with Crippen LogP contribution >= 0.6 is 0 Å². The van der Waals surface area contributed by atoms with Crippen LogP contribution in [0.5, 0.6) is 0 Å². The van der Waals surface area contributed by atoms with Gasteiger partial charge in [-0.25, -0.2) is 0 Å². The Morgan fingerprint density at radius 3 is 2.54 bits per heavy atom. The molecule has 0 spiro atoms. The molecule has 1 aromatic heterocycles. The number of hydrogen-bond acceptors (Lipinski definition) is 4. The van der Waals surface area contributed by atoms with E-state index < -0.39 is 0 Å². The van der Waals surface area contributed by atoms with E-state index in [1.54, 1.807) is 11.9 Å². The van der Waals surface area contributed by atoms with Crippen LogP contribution < -0.4 is 0 Å². The molecule has 0 aliphatic rings. The highest BCUT2D eigenvalue weighted by Crippen LogP contribution is 2.21. The molecule has 0 fully saturated rings. The van der Waals surface area contributed by atoms with Gasteiger partial charge < -0.3 is 9.42 Å². The molecule has 1 heterocycles. The standard InChI is InChI=1S/C21H17N3O2/c1-24(14-19-22-20(23-26-19)16-9-3-2-4-10-16)21(25)18-13-7-11-15-8-5-6-12-17(15)18/h2-13H,14H2,1H3. The van der Waals surface area contributed by atoms with E-state index in [-0.39, 0.29) is 12.5 Å². The molecule has 0 bridgehead atoms. The van der Waals surface area contributed by atoms with Crippen molar-refractivity contribution in [2.75, 3.05) is 7.05 Å². The second kappa shape index (κ2) is 6.80. The molecule has 0 N–H and O–H groups in total. The lowest BCUT2D eigenvalue weighted by Crippen LogP contribution is -2.26. The number of aromatic nitrogens is 2. The number of carbonyl (C=O) groups is 1. The van der Waals surface area contributed by atoms with Gasteiger partial charge in [-0.1, -0.05) is 71.9 Å². The molecule has 0 saturated carbocycles. The van der Waals surface area contributed by atoms with Crippen LogP contribution in [0.25, 0.3) is 22.2 Å². The van der Waals surface area contributed by atoms with Gasteiger partial charge in [-0.05, 0) is 16.8 Å². The molecule has 0 saturated heterocycles. The third-order valence-corrected chi connectivity index (χ3v) is 4.24. The van der Waals surface area contributed by atoms with E-state index in [2.05, 4.69) is 10.1 Å². The summed E-state index contributed by atoms with van der Waals surface area (Å²) in [5.41, 5.74) is 1.54. The Balaban J connectivity index is 1.56. The van der Waals surface area contributed by atoms with Crippen LogP contribution in [0.4, 0.5) is 0 Å². The van der Waals surface area contributed by atoms with Gasteiger partial charge in [0.25, 0.3) is 5.91 Å². The molecule has 3 aromatic carbocycles. The molecule has 5 heteroatoms. The van der Waals surface area contributed by atoms with Gasteiger partial charge >= 0.3 is 0 Å². The molecule has 0 aliphatic carbocycles. The number of benzene rings is 3. The number of hydrogen-bond donors (Lipinski definition) is 0. The number of carbonyl (C=O) groups excluding carboxylic acids is 1. The first-order valence-corrected chi connectivity index (χ1v) is 8.33. The van der Waals surface area contributed by atoms with Gasteiger partial charge in [-0.3, -0.25) is 4.79 Å². The van der Waals surface area contributed by atoms with Gasteiger partial charge in [-0.15, -0.1) is 0 Å². The van der Waals surface area contributed by atoms with Gasteiger partial charge in [0.1, 0.15) is 0 Å².